The Kier molecular flexibility index (Phi) is 22.3. The van der Waals surface area contributed by atoms with Gasteiger partial charge < -0.3 is 15.7 Å². The molecule has 0 atom stereocenters. The van der Waals surface area contributed by atoms with Crippen molar-refractivity contribution >= 4 is 122 Å². The number of amides is 2. The van der Waals surface area contributed by atoms with Gasteiger partial charge in [-0.15, -0.1) is 0 Å². The lowest BCUT2D eigenvalue weighted by Crippen LogP contribution is -2.11. The summed E-state index contributed by atoms with van der Waals surface area (Å²) in [4.78, 5) is 24.0. The van der Waals surface area contributed by atoms with Gasteiger partial charge in [0.25, 0.3) is 11.8 Å². The van der Waals surface area contributed by atoms with Gasteiger partial charge in [0.15, 0.2) is 0 Å². The number of aliphatic hydroxyl groups excluding tert-OH is 1. The Morgan fingerprint density at radius 1 is 0.674 bits per heavy atom. The lowest BCUT2D eigenvalue weighted by Gasteiger charge is -2.07. The molecule has 0 unspecified atom stereocenters. The fraction of sp³-hybridized carbons (Fsp3) is 0.133. The van der Waals surface area contributed by atoms with Gasteiger partial charge in [0.05, 0.1) is 26.7 Å². The van der Waals surface area contributed by atoms with E-state index in [0.29, 0.717) is 36.9 Å². The van der Waals surface area contributed by atoms with Crippen LogP contribution in [0.3, 0.4) is 0 Å². The zero-order valence-corrected chi connectivity index (χ0v) is 27.3. The topological polar surface area (TPSA) is 78.4 Å². The number of nitrogens with one attached hydrogen (secondary N) is 2. The van der Waals surface area contributed by atoms with Gasteiger partial charge in [-0.25, -0.2) is 0 Å². The molecule has 2 amide bonds. The van der Waals surface area contributed by atoms with Crippen molar-refractivity contribution in [1.82, 2.24) is 0 Å². The summed E-state index contributed by atoms with van der Waals surface area (Å²) in [5, 5.41) is 16.0. The average Bonchev–Trinajstić information content (AvgIpc) is 3.01. The number of hydrogen-bond donors (Lipinski definition) is 3. The maximum Gasteiger partial charge on any atom is 0.255 e. The van der Waals surface area contributed by atoms with E-state index in [1.54, 1.807) is 54.6 Å². The number of anilines is 2. The van der Waals surface area contributed by atoms with Crippen LogP contribution in [0.1, 0.15) is 46.2 Å². The number of benzene rings is 4. The summed E-state index contributed by atoms with van der Waals surface area (Å²) in [7, 11) is 24.0. The Bertz CT molecular complexity index is 1390. The predicted octanol–water partition coefficient (Wildman–Crippen LogP) is 6.52. The van der Waals surface area contributed by atoms with E-state index < -0.39 is 6.39 Å². The third kappa shape index (κ3) is 16.8. The van der Waals surface area contributed by atoms with Crippen molar-refractivity contribution in [2.24, 2.45) is 0 Å². The molecule has 0 bridgehead atoms. The minimum absolute atomic E-state index is 0. The van der Waals surface area contributed by atoms with Gasteiger partial charge in [0.1, 0.15) is 0 Å². The van der Waals surface area contributed by atoms with Crippen molar-refractivity contribution in [1.29, 1.82) is 0 Å². The normalized spacial score (nSPS) is 9.26. The Labute approximate surface area is 300 Å². The molecule has 4 rings (SSSR count). The van der Waals surface area contributed by atoms with E-state index in [9.17, 15) is 9.59 Å². The summed E-state index contributed by atoms with van der Waals surface area (Å²) in [6, 6.07) is 24.2. The second-order valence-corrected chi connectivity index (χ2v) is 10.5. The van der Waals surface area contributed by atoms with Gasteiger partial charge in [-0.3, -0.25) is 9.59 Å². The second kappa shape index (κ2) is 23.7. The van der Waals surface area contributed by atoms with Crippen LogP contribution in [0, 0.1) is 0 Å². The lowest BCUT2D eigenvalue weighted by molar-refractivity contribution is 0.101. The highest BCUT2D eigenvalue weighted by Crippen LogP contribution is 2.24. The van der Waals surface area contributed by atoms with E-state index in [4.69, 9.17) is 51.5 Å². The highest BCUT2D eigenvalue weighted by atomic mass is 35.5. The second-order valence-electron chi connectivity index (χ2n) is 8.84. The molecule has 0 saturated heterocycles. The summed E-state index contributed by atoms with van der Waals surface area (Å²) in [6.07, 6.45) is 0.307. The number of carbonyl (C=O) groups excluding carboxylic acids is 2. The zero-order chi connectivity index (χ0) is 33.9. The SMILES string of the molecule is C.CCc1ccc(NC(=O)c2ccc(Cl)c(Cl)c2)cc1.O=C(Nc1ccc(CO)cc1)c1ccc(Cl)c(Cl)c1.[B]B([B])[B].[B][B][B]. The first-order valence-electron chi connectivity index (χ1n) is 13.2. The average molecular weight is 682 g/mol. The maximum atomic E-state index is 12.0. The predicted molar refractivity (Wildman–Crippen MR) is 204 cm³/mol. The molecule has 0 fully saturated rings. The number of halogens is 4. The van der Waals surface area contributed by atoms with Crippen LogP contribution >= 0.6 is 46.4 Å². The third-order valence-corrected chi connectivity index (χ3v) is 6.86. The van der Waals surface area contributed by atoms with Crippen LogP contribution in [0.5, 0.6) is 0 Å². The van der Waals surface area contributed by atoms with Crippen LogP contribution in [0.25, 0.3) is 0 Å². The Morgan fingerprint density at radius 2 is 1.00 bits per heavy atom. The maximum absolute atomic E-state index is 12.0. The molecular weight excluding hydrogens is 654 g/mol. The van der Waals surface area contributed by atoms with Crippen LogP contribution in [-0.2, 0) is 13.0 Å². The first kappa shape index (κ1) is 43.4. The first-order chi connectivity index (χ1) is 21.3. The summed E-state index contributed by atoms with van der Waals surface area (Å²) in [5.41, 5.74) is 4.33. The molecule has 4 aromatic rings. The summed E-state index contributed by atoms with van der Waals surface area (Å²) in [5.74, 6) is -0.474. The molecule has 0 aliphatic rings. The minimum Gasteiger partial charge on any atom is -0.392 e. The van der Waals surface area contributed by atoms with Gasteiger partial charge in [-0.05, 0) is 78.2 Å². The van der Waals surface area contributed by atoms with Crippen LogP contribution in [-0.4, -0.2) is 69.1 Å². The Balaban J connectivity index is 0.000000720. The smallest absolute Gasteiger partial charge is 0.255 e. The number of aliphatic hydroxyl groups is 1. The van der Waals surface area contributed by atoms with Crippen molar-refractivity contribution in [3.63, 3.8) is 0 Å². The largest absolute Gasteiger partial charge is 0.392 e. The molecule has 16 heteroatoms. The summed E-state index contributed by atoms with van der Waals surface area (Å²) >= 11 is 23.4. The van der Waals surface area contributed by atoms with Gasteiger partial charge in [-0.2, -0.15) is 0 Å². The van der Waals surface area contributed by atoms with Crippen molar-refractivity contribution < 1.29 is 14.7 Å². The summed E-state index contributed by atoms with van der Waals surface area (Å²) in [6.45, 7) is 2.06. The summed E-state index contributed by atoms with van der Waals surface area (Å²) < 4.78 is 0. The monoisotopic (exact) mass is 681 g/mol. The Hall–Kier alpha value is -2.61. The van der Waals surface area contributed by atoms with Crippen molar-refractivity contribution in [3.05, 3.63) is 127 Å². The van der Waals surface area contributed by atoms with Crippen molar-refractivity contribution in [2.75, 3.05) is 10.6 Å². The minimum atomic E-state index is -0.667. The number of carbonyl (C=O) groups is 2. The van der Waals surface area contributed by atoms with E-state index in [2.05, 4.69) is 56.2 Å². The highest BCUT2D eigenvalue weighted by Gasteiger charge is 2.09. The molecule has 46 heavy (non-hydrogen) atoms. The fourth-order valence-electron chi connectivity index (χ4n) is 3.20. The van der Waals surface area contributed by atoms with Crippen LogP contribution < -0.4 is 10.6 Å². The van der Waals surface area contributed by atoms with E-state index in [0.717, 1.165) is 24.7 Å². The molecule has 3 N–H and O–H groups in total. The number of aryl methyl sites for hydroxylation is 1. The van der Waals surface area contributed by atoms with Crippen molar-refractivity contribution in [2.45, 2.75) is 27.4 Å². The van der Waals surface area contributed by atoms with Crippen LogP contribution in [0.2, 0.25) is 20.1 Å². The molecule has 225 valence electrons. The molecule has 0 spiro atoms. The first-order valence-corrected chi connectivity index (χ1v) is 14.7. The quantitative estimate of drug-likeness (QED) is 0.203. The molecule has 5 nitrogen and oxygen atoms in total. The van der Waals surface area contributed by atoms with E-state index >= 15 is 0 Å². The molecule has 4 aromatic carbocycles. The fourth-order valence-corrected chi connectivity index (χ4v) is 3.79. The highest BCUT2D eigenvalue weighted by molar-refractivity contribution is 7.49. The van der Waals surface area contributed by atoms with E-state index in [1.165, 1.54) is 11.6 Å². The van der Waals surface area contributed by atoms with Gasteiger partial charge in [0, 0.05) is 74.6 Å². The van der Waals surface area contributed by atoms with E-state index in [-0.39, 0.29) is 25.8 Å². The zero-order valence-electron chi connectivity index (χ0n) is 24.3. The molecule has 0 aromatic heterocycles. The standard InChI is InChI=1S/C15H13Cl2NO.C14H11Cl2NO2.CH4.B4.B3/c1-2-10-3-6-12(7-4-10)18-15(19)11-5-8-13(16)14(17)9-11;15-12-6-3-10(7-13(12)16)14(19)17-11-4-1-9(8-18)2-5-11;;1-4(2)3;1-3-2/h3-9H,2H2,1H3,(H,18,19);1-7,18H,8H2,(H,17,19);1H4;;. The van der Waals surface area contributed by atoms with Crippen molar-refractivity contribution in [3.8, 4) is 0 Å². The third-order valence-electron chi connectivity index (χ3n) is 5.38. The molecule has 0 saturated carbocycles. The molecule has 0 heterocycles. The van der Waals surface area contributed by atoms with Gasteiger partial charge in [0.2, 0.25) is 0 Å². The number of hydrogen-bond acceptors (Lipinski definition) is 3. The molecule has 11 radical (unpaired) electrons. The van der Waals surface area contributed by atoms with Gasteiger partial charge >= 0.3 is 0 Å². The van der Waals surface area contributed by atoms with Gasteiger partial charge in [-0.1, -0.05) is 85.0 Å². The van der Waals surface area contributed by atoms with E-state index in [1.807, 2.05) is 24.3 Å². The molecule has 0 aliphatic carbocycles. The Morgan fingerprint density at radius 3 is 1.28 bits per heavy atom. The van der Waals surface area contributed by atoms with Crippen LogP contribution in [0.4, 0.5) is 11.4 Å². The molecule has 0 aliphatic heterocycles. The lowest BCUT2D eigenvalue weighted by atomic mass is 9.08. The molecular formula is C30H28B7Cl4N2O3. The van der Waals surface area contributed by atoms with Crippen LogP contribution in [0.15, 0.2) is 84.9 Å². The number of rotatable bonds is 6.